The van der Waals surface area contributed by atoms with Gasteiger partial charge in [-0.2, -0.15) is 8.78 Å². The van der Waals surface area contributed by atoms with Crippen molar-refractivity contribution in [2.24, 2.45) is 0 Å². The number of halogens is 2. The van der Waals surface area contributed by atoms with E-state index in [-0.39, 0.29) is 5.75 Å². The molecule has 1 N–H and O–H groups in total. The molecule has 167 valence electrons. The van der Waals surface area contributed by atoms with E-state index >= 15 is 0 Å². The number of ether oxygens (including phenoxy) is 1. The van der Waals surface area contributed by atoms with Gasteiger partial charge in [-0.15, -0.1) is 11.8 Å². The summed E-state index contributed by atoms with van der Waals surface area (Å²) in [5, 5.41) is 0.796. The number of aryl methyl sites for hydroxylation is 1. The highest BCUT2D eigenvalue weighted by molar-refractivity contribution is 8.05. The molecule has 1 radical (unpaired) electrons. The van der Waals surface area contributed by atoms with E-state index in [1.807, 2.05) is 61.2 Å². The number of nitrogens with one attached hydrogen (secondary N) is 1. The van der Waals surface area contributed by atoms with Gasteiger partial charge < -0.3 is 14.6 Å². The summed E-state index contributed by atoms with van der Waals surface area (Å²) in [5.74, 6) is 2.92. The Balaban J connectivity index is 1.55. The fraction of sp³-hybridized carbons (Fsp3) is 0.125. The molecule has 3 heterocycles. The van der Waals surface area contributed by atoms with Gasteiger partial charge in [0, 0.05) is 16.7 Å². The Morgan fingerprint density at radius 3 is 2.39 bits per heavy atom. The first kappa shape index (κ1) is 21.7. The summed E-state index contributed by atoms with van der Waals surface area (Å²) in [6.07, 6.45) is 1.87. The van der Waals surface area contributed by atoms with Crippen LogP contribution in [-0.2, 0) is 0 Å². The minimum atomic E-state index is -2.85. The molecule has 33 heavy (non-hydrogen) atoms. The van der Waals surface area contributed by atoms with Crippen molar-refractivity contribution in [2.75, 3.05) is 4.90 Å². The first-order chi connectivity index (χ1) is 16.0. The van der Waals surface area contributed by atoms with Crippen LogP contribution in [0.5, 0.6) is 5.75 Å². The number of aromatic amines is 1. The van der Waals surface area contributed by atoms with Crippen molar-refractivity contribution in [3.8, 4) is 27.7 Å². The molecule has 9 heteroatoms. The van der Waals surface area contributed by atoms with Gasteiger partial charge in [0.15, 0.2) is 5.13 Å². The molecule has 0 aliphatic carbocycles. The summed E-state index contributed by atoms with van der Waals surface area (Å²) in [4.78, 5) is 17.0. The number of hydrogen-bond donors (Lipinski definition) is 1. The number of thioether (sulfide) groups is 1. The third-order valence-corrected chi connectivity index (χ3v) is 6.98. The zero-order valence-corrected chi connectivity index (χ0v) is 19.4. The Morgan fingerprint density at radius 2 is 1.73 bits per heavy atom. The Kier molecular flexibility index (Phi) is 5.90. The second-order valence-corrected chi connectivity index (χ2v) is 9.37. The number of hydrogen-bond acceptors (Lipinski definition) is 6. The average molecular weight is 482 g/mol. The molecule has 4 aromatic rings. The molecule has 1 aliphatic heterocycles. The molecule has 5 nitrogen and oxygen atoms in total. The maximum absolute atomic E-state index is 12.5. The molecular formula is C24H19F2N4OS2. The lowest BCUT2D eigenvalue weighted by Crippen LogP contribution is -2.13. The standard InChI is InChI=1S/C24H19F2N4OS2/c1-14-12-27-22(28-14)21-19(16-6-4-3-5-7-16)29-24(33-21)30-13-32-15(2)20(30)17-8-10-18(11-9-17)31-23(25)26/h3-13,23H,1-2H3,(H,27,28). The van der Waals surface area contributed by atoms with Crippen LogP contribution in [0, 0.1) is 12.8 Å². The zero-order valence-electron chi connectivity index (χ0n) is 17.8. The second-order valence-electron chi connectivity index (χ2n) is 7.33. The SMILES string of the molecule is CC1=C(c2ccc(OC(F)F)cc2)N(c2nc(-c3ccccc3)c(-c3nc(C)c[nH]3)s2)[CH]S1. The predicted molar refractivity (Wildman–Crippen MR) is 130 cm³/mol. The Bertz CT molecular complexity index is 1300. The summed E-state index contributed by atoms with van der Waals surface area (Å²) in [5.41, 5.74) is 4.62. The van der Waals surface area contributed by atoms with Crippen LogP contribution in [0.3, 0.4) is 0 Å². The quantitative estimate of drug-likeness (QED) is 0.316. The van der Waals surface area contributed by atoms with Crippen LogP contribution in [0.4, 0.5) is 13.9 Å². The van der Waals surface area contributed by atoms with Crippen LogP contribution in [-0.4, -0.2) is 21.6 Å². The van der Waals surface area contributed by atoms with E-state index in [2.05, 4.69) is 14.7 Å². The van der Waals surface area contributed by atoms with E-state index < -0.39 is 6.61 Å². The molecule has 0 amide bonds. The fourth-order valence-corrected chi connectivity index (χ4v) is 5.47. The fourth-order valence-electron chi connectivity index (χ4n) is 3.58. The summed E-state index contributed by atoms with van der Waals surface area (Å²) in [7, 11) is 0. The van der Waals surface area contributed by atoms with Gasteiger partial charge in [0.2, 0.25) is 0 Å². The highest BCUT2D eigenvalue weighted by Crippen LogP contribution is 2.48. The minimum Gasteiger partial charge on any atom is -0.435 e. The van der Waals surface area contributed by atoms with Gasteiger partial charge in [-0.05, 0) is 43.7 Å². The first-order valence-corrected chi connectivity index (χ1v) is 11.8. The number of alkyl halides is 2. The molecule has 2 aromatic heterocycles. The van der Waals surface area contributed by atoms with E-state index in [9.17, 15) is 8.78 Å². The van der Waals surface area contributed by atoms with Crippen LogP contribution < -0.4 is 9.64 Å². The number of H-pyrrole nitrogens is 1. The summed E-state index contributed by atoms with van der Waals surface area (Å²) in [6, 6.07) is 16.7. The van der Waals surface area contributed by atoms with Crippen LogP contribution in [0.25, 0.3) is 27.7 Å². The molecule has 2 aromatic carbocycles. The molecule has 0 fully saturated rings. The molecule has 0 bridgehead atoms. The van der Waals surface area contributed by atoms with E-state index in [1.54, 1.807) is 47.4 Å². The normalized spacial score (nSPS) is 13.9. The van der Waals surface area contributed by atoms with Crippen molar-refractivity contribution in [2.45, 2.75) is 20.5 Å². The smallest absolute Gasteiger partial charge is 0.387 e. The van der Waals surface area contributed by atoms with E-state index in [0.29, 0.717) is 0 Å². The lowest BCUT2D eigenvalue weighted by molar-refractivity contribution is -0.0498. The lowest BCUT2D eigenvalue weighted by Gasteiger charge is -2.18. The number of anilines is 1. The highest BCUT2D eigenvalue weighted by atomic mass is 32.2. The second kappa shape index (κ2) is 8.99. The maximum Gasteiger partial charge on any atom is 0.387 e. The average Bonchev–Trinajstić information content (AvgIpc) is 3.52. The molecular weight excluding hydrogens is 462 g/mol. The summed E-state index contributed by atoms with van der Waals surface area (Å²) < 4.78 is 29.5. The van der Waals surface area contributed by atoms with Crippen molar-refractivity contribution in [1.82, 2.24) is 15.0 Å². The van der Waals surface area contributed by atoms with Crippen LogP contribution in [0.1, 0.15) is 18.2 Å². The van der Waals surface area contributed by atoms with Gasteiger partial charge in [0.1, 0.15) is 17.5 Å². The number of aromatic nitrogens is 3. The van der Waals surface area contributed by atoms with Crippen LogP contribution >= 0.6 is 23.1 Å². The third-order valence-electron chi connectivity index (χ3n) is 5.05. The topological polar surface area (TPSA) is 54.0 Å². The van der Waals surface area contributed by atoms with Gasteiger partial charge in [-0.25, -0.2) is 9.97 Å². The minimum absolute atomic E-state index is 0.129. The van der Waals surface area contributed by atoms with Crippen molar-refractivity contribution in [1.29, 1.82) is 0 Å². The number of imidazole rings is 1. The number of nitrogens with zero attached hydrogens (tertiary/aromatic N) is 3. The molecule has 0 saturated carbocycles. The summed E-state index contributed by atoms with van der Waals surface area (Å²) >= 11 is 3.15. The Morgan fingerprint density at radius 1 is 0.970 bits per heavy atom. The third kappa shape index (κ3) is 4.38. The van der Waals surface area contributed by atoms with Crippen LogP contribution in [0.15, 0.2) is 65.7 Å². The van der Waals surface area contributed by atoms with E-state index in [4.69, 9.17) is 4.98 Å². The van der Waals surface area contributed by atoms with Gasteiger partial charge >= 0.3 is 6.61 Å². The van der Waals surface area contributed by atoms with Gasteiger partial charge in [0.05, 0.1) is 22.0 Å². The zero-order chi connectivity index (χ0) is 22.9. The molecule has 0 saturated heterocycles. The molecule has 0 atom stereocenters. The molecule has 0 spiro atoms. The molecule has 5 rings (SSSR count). The number of thiazole rings is 1. The van der Waals surface area contributed by atoms with Crippen molar-refractivity contribution in [3.05, 3.63) is 82.8 Å². The maximum atomic E-state index is 12.5. The number of rotatable bonds is 6. The van der Waals surface area contributed by atoms with Gasteiger partial charge in [-0.3, -0.25) is 0 Å². The van der Waals surface area contributed by atoms with Crippen LogP contribution in [0.2, 0.25) is 0 Å². The van der Waals surface area contributed by atoms with Crippen molar-refractivity contribution < 1.29 is 13.5 Å². The largest absolute Gasteiger partial charge is 0.435 e. The first-order valence-electron chi connectivity index (χ1n) is 10.1. The van der Waals surface area contributed by atoms with Gasteiger partial charge in [0.25, 0.3) is 0 Å². The van der Waals surface area contributed by atoms with Crippen molar-refractivity contribution >= 4 is 33.9 Å². The molecule has 1 aliphatic rings. The predicted octanol–water partition coefficient (Wildman–Crippen LogP) is 7.17. The summed E-state index contributed by atoms with van der Waals surface area (Å²) in [6.45, 7) is 1.13. The van der Waals surface area contributed by atoms with E-state index in [1.165, 1.54) is 0 Å². The highest BCUT2D eigenvalue weighted by Gasteiger charge is 2.29. The Hall–Kier alpha value is -3.17. The monoisotopic (exact) mass is 481 g/mol. The molecule has 0 unspecified atom stereocenters. The number of allylic oxidation sites excluding steroid dienone is 1. The van der Waals surface area contributed by atoms with Crippen molar-refractivity contribution in [3.63, 3.8) is 0 Å². The lowest BCUT2D eigenvalue weighted by atomic mass is 10.1. The Labute approximate surface area is 198 Å². The van der Waals surface area contributed by atoms with E-state index in [0.717, 1.165) is 49.0 Å². The number of benzene rings is 2. The van der Waals surface area contributed by atoms with Gasteiger partial charge in [-0.1, -0.05) is 41.7 Å².